The summed E-state index contributed by atoms with van der Waals surface area (Å²) in [6.45, 7) is 3.37. The van der Waals surface area contributed by atoms with E-state index in [9.17, 15) is 18.4 Å². The van der Waals surface area contributed by atoms with E-state index in [0.29, 0.717) is 18.8 Å². The minimum absolute atomic E-state index is 0.122. The summed E-state index contributed by atoms with van der Waals surface area (Å²) in [5.74, 6) is -1.56. The summed E-state index contributed by atoms with van der Waals surface area (Å²) in [5.41, 5.74) is 0.657. The first-order chi connectivity index (χ1) is 12.9. The molecule has 1 aliphatic carbocycles. The van der Waals surface area contributed by atoms with Crippen molar-refractivity contribution in [1.82, 2.24) is 10.6 Å². The molecule has 2 unspecified atom stereocenters. The number of hydrogen-bond acceptors (Lipinski definition) is 3. The van der Waals surface area contributed by atoms with Gasteiger partial charge in [-0.2, -0.15) is 0 Å². The maximum absolute atomic E-state index is 13.4. The third-order valence-electron chi connectivity index (χ3n) is 5.63. The van der Waals surface area contributed by atoms with Crippen LogP contribution in [-0.4, -0.2) is 37.5 Å². The number of rotatable bonds is 6. The molecule has 1 aliphatic heterocycles. The van der Waals surface area contributed by atoms with Gasteiger partial charge in [-0.25, -0.2) is 8.78 Å². The van der Waals surface area contributed by atoms with Crippen molar-refractivity contribution < 1.29 is 18.4 Å². The second kappa shape index (κ2) is 8.67. The van der Waals surface area contributed by atoms with E-state index in [1.54, 1.807) is 6.07 Å². The van der Waals surface area contributed by atoms with Crippen molar-refractivity contribution in [3.63, 3.8) is 0 Å². The van der Waals surface area contributed by atoms with Gasteiger partial charge < -0.3 is 15.5 Å². The highest BCUT2D eigenvalue weighted by Crippen LogP contribution is 2.28. The summed E-state index contributed by atoms with van der Waals surface area (Å²) in [7, 11) is 0. The van der Waals surface area contributed by atoms with E-state index in [0.717, 1.165) is 44.7 Å². The first-order valence-corrected chi connectivity index (χ1v) is 9.69. The molecule has 3 rings (SSSR count). The lowest BCUT2D eigenvalue weighted by Crippen LogP contribution is -2.50. The summed E-state index contributed by atoms with van der Waals surface area (Å²) in [4.78, 5) is 26.1. The molecular weight excluding hydrogens is 352 g/mol. The molecule has 1 aromatic rings. The SMILES string of the molecule is CC(=O)NC(C(=O)NCC1CCN(c2ccc(F)c(F)c2)C1)C1CCCC1. The van der Waals surface area contributed by atoms with Crippen LogP contribution in [0.4, 0.5) is 14.5 Å². The molecule has 0 aromatic heterocycles. The zero-order valence-electron chi connectivity index (χ0n) is 15.6. The smallest absolute Gasteiger partial charge is 0.242 e. The first-order valence-electron chi connectivity index (χ1n) is 9.69. The van der Waals surface area contributed by atoms with Gasteiger partial charge in [0.2, 0.25) is 11.8 Å². The maximum atomic E-state index is 13.4. The van der Waals surface area contributed by atoms with E-state index in [1.807, 2.05) is 4.90 Å². The molecule has 2 fully saturated rings. The molecule has 7 heteroatoms. The van der Waals surface area contributed by atoms with Gasteiger partial charge in [0.1, 0.15) is 6.04 Å². The number of nitrogens with one attached hydrogen (secondary N) is 2. The van der Waals surface area contributed by atoms with Gasteiger partial charge >= 0.3 is 0 Å². The molecule has 2 N–H and O–H groups in total. The first kappa shape index (κ1) is 19.6. The Morgan fingerprint density at radius 3 is 2.59 bits per heavy atom. The fourth-order valence-corrected chi connectivity index (χ4v) is 4.18. The Morgan fingerprint density at radius 1 is 1.19 bits per heavy atom. The molecule has 1 heterocycles. The van der Waals surface area contributed by atoms with E-state index in [1.165, 1.54) is 13.0 Å². The topological polar surface area (TPSA) is 61.4 Å². The van der Waals surface area contributed by atoms with Crippen LogP contribution in [0.25, 0.3) is 0 Å². The zero-order chi connectivity index (χ0) is 19.4. The van der Waals surface area contributed by atoms with Gasteiger partial charge in [-0.15, -0.1) is 0 Å². The van der Waals surface area contributed by atoms with Gasteiger partial charge in [-0.3, -0.25) is 9.59 Å². The third kappa shape index (κ3) is 4.96. The van der Waals surface area contributed by atoms with Crippen molar-refractivity contribution in [2.24, 2.45) is 11.8 Å². The number of nitrogens with zero attached hydrogens (tertiary/aromatic N) is 1. The molecule has 0 radical (unpaired) electrons. The Hall–Kier alpha value is -2.18. The summed E-state index contributed by atoms with van der Waals surface area (Å²) < 4.78 is 26.5. The molecule has 1 aromatic carbocycles. The molecule has 0 spiro atoms. The molecule has 2 aliphatic rings. The molecule has 2 atom stereocenters. The molecule has 1 saturated carbocycles. The van der Waals surface area contributed by atoms with Crippen LogP contribution in [0.3, 0.4) is 0 Å². The lowest BCUT2D eigenvalue weighted by atomic mass is 9.97. The number of benzene rings is 1. The lowest BCUT2D eigenvalue weighted by molar-refractivity contribution is -0.129. The van der Waals surface area contributed by atoms with Gasteiger partial charge in [0, 0.05) is 38.3 Å². The van der Waals surface area contributed by atoms with Crippen molar-refractivity contribution in [3.8, 4) is 0 Å². The number of anilines is 1. The minimum Gasteiger partial charge on any atom is -0.371 e. The van der Waals surface area contributed by atoms with Crippen molar-refractivity contribution in [3.05, 3.63) is 29.8 Å². The molecule has 27 heavy (non-hydrogen) atoms. The highest BCUT2D eigenvalue weighted by molar-refractivity contribution is 5.87. The molecular formula is C20H27F2N3O2. The highest BCUT2D eigenvalue weighted by atomic mass is 19.2. The normalized spacial score (nSPS) is 21.3. The van der Waals surface area contributed by atoms with Crippen LogP contribution in [0.5, 0.6) is 0 Å². The van der Waals surface area contributed by atoms with Gasteiger partial charge in [0.25, 0.3) is 0 Å². The van der Waals surface area contributed by atoms with Crippen LogP contribution >= 0.6 is 0 Å². The summed E-state index contributed by atoms with van der Waals surface area (Å²) in [5, 5.41) is 5.79. The van der Waals surface area contributed by atoms with Crippen LogP contribution in [-0.2, 0) is 9.59 Å². The maximum Gasteiger partial charge on any atom is 0.242 e. The number of carbonyl (C=O) groups excluding carboxylic acids is 2. The molecule has 148 valence electrons. The van der Waals surface area contributed by atoms with Gasteiger partial charge in [-0.05, 0) is 43.2 Å². The molecule has 5 nitrogen and oxygen atoms in total. The highest BCUT2D eigenvalue weighted by Gasteiger charge is 2.32. The van der Waals surface area contributed by atoms with Crippen molar-refractivity contribution >= 4 is 17.5 Å². The predicted octanol–water partition coefficient (Wildman–Crippen LogP) is 2.60. The van der Waals surface area contributed by atoms with Crippen LogP contribution < -0.4 is 15.5 Å². The van der Waals surface area contributed by atoms with Crippen molar-refractivity contribution in [1.29, 1.82) is 0 Å². The number of carbonyl (C=O) groups is 2. The zero-order valence-corrected chi connectivity index (χ0v) is 15.6. The van der Waals surface area contributed by atoms with Crippen molar-refractivity contribution in [2.75, 3.05) is 24.5 Å². The molecule has 0 bridgehead atoms. The van der Waals surface area contributed by atoms with Crippen molar-refractivity contribution in [2.45, 2.75) is 45.1 Å². The largest absolute Gasteiger partial charge is 0.371 e. The van der Waals surface area contributed by atoms with E-state index >= 15 is 0 Å². The van der Waals surface area contributed by atoms with Gasteiger partial charge in [0.05, 0.1) is 0 Å². The van der Waals surface area contributed by atoms with Crippen LogP contribution in [0.2, 0.25) is 0 Å². The van der Waals surface area contributed by atoms with E-state index in [2.05, 4.69) is 10.6 Å². The van der Waals surface area contributed by atoms with E-state index < -0.39 is 17.7 Å². The van der Waals surface area contributed by atoms with Crippen LogP contribution in [0.15, 0.2) is 18.2 Å². The standard InChI is InChI=1S/C20H27F2N3O2/c1-13(26)24-19(15-4-2-3-5-15)20(27)23-11-14-8-9-25(12-14)16-6-7-17(21)18(22)10-16/h6-7,10,14-15,19H,2-5,8-9,11-12H2,1H3,(H,23,27)(H,24,26). The van der Waals surface area contributed by atoms with Crippen LogP contribution in [0, 0.1) is 23.5 Å². The number of hydrogen-bond donors (Lipinski definition) is 2. The quantitative estimate of drug-likeness (QED) is 0.799. The Kier molecular flexibility index (Phi) is 6.29. The Balaban J connectivity index is 1.52. The molecule has 1 saturated heterocycles. The second-order valence-corrected chi connectivity index (χ2v) is 7.67. The van der Waals surface area contributed by atoms with Gasteiger partial charge in [-0.1, -0.05) is 12.8 Å². The van der Waals surface area contributed by atoms with E-state index in [-0.39, 0.29) is 23.7 Å². The number of halogens is 2. The Bertz CT molecular complexity index is 692. The van der Waals surface area contributed by atoms with Gasteiger partial charge in [0.15, 0.2) is 11.6 Å². The predicted molar refractivity (Wildman–Crippen MR) is 99.3 cm³/mol. The molecule has 2 amide bonds. The van der Waals surface area contributed by atoms with Crippen LogP contribution in [0.1, 0.15) is 39.0 Å². The second-order valence-electron chi connectivity index (χ2n) is 7.67. The number of amides is 2. The van der Waals surface area contributed by atoms with E-state index in [4.69, 9.17) is 0 Å². The Morgan fingerprint density at radius 2 is 1.93 bits per heavy atom. The fraction of sp³-hybridized carbons (Fsp3) is 0.600. The summed E-state index contributed by atoms with van der Waals surface area (Å²) in [6.07, 6.45) is 4.99. The Labute approximate surface area is 158 Å². The fourth-order valence-electron chi connectivity index (χ4n) is 4.18. The lowest BCUT2D eigenvalue weighted by Gasteiger charge is -2.24. The minimum atomic E-state index is -0.849. The average Bonchev–Trinajstić information content (AvgIpc) is 3.31. The third-order valence-corrected chi connectivity index (χ3v) is 5.63. The monoisotopic (exact) mass is 379 g/mol. The summed E-state index contributed by atoms with van der Waals surface area (Å²) in [6, 6.07) is 3.46. The average molecular weight is 379 g/mol. The summed E-state index contributed by atoms with van der Waals surface area (Å²) >= 11 is 0.